The van der Waals surface area contributed by atoms with Gasteiger partial charge in [0.25, 0.3) is 0 Å². The van der Waals surface area contributed by atoms with Crippen LogP contribution in [-0.2, 0) is 19.4 Å². The average Bonchev–Trinajstić information content (AvgIpc) is 2.35. The van der Waals surface area contributed by atoms with E-state index in [1.807, 2.05) is 0 Å². The van der Waals surface area contributed by atoms with Gasteiger partial charge in [-0.2, -0.15) is 0 Å². The van der Waals surface area contributed by atoms with Gasteiger partial charge in [0.1, 0.15) is 0 Å². The number of rotatable bonds is 6. The standard InChI is InChI=1S/C10H19N3O4S/c11-9(14)1-7-18(16,17)8-2-10(15)13-5-3-12-4-6-13/h12H,1-8H2,(H2,11,14). The third-order valence-corrected chi connectivity index (χ3v) is 4.41. The van der Waals surface area contributed by atoms with E-state index >= 15 is 0 Å². The Morgan fingerprint density at radius 1 is 1.11 bits per heavy atom. The molecular weight excluding hydrogens is 258 g/mol. The molecule has 0 radical (unpaired) electrons. The second-order valence-electron chi connectivity index (χ2n) is 4.25. The molecule has 0 aromatic carbocycles. The van der Waals surface area contributed by atoms with Crippen LogP contribution in [-0.4, -0.2) is 62.8 Å². The summed E-state index contributed by atoms with van der Waals surface area (Å²) < 4.78 is 23.1. The number of carbonyl (C=O) groups is 2. The monoisotopic (exact) mass is 277 g/mol. The smallest absolute Gasteiger partial charge is 0.223 e. The van der Waals surface area contributed by atoms with Gasteiger partial charge in [-0.1, -0.05) is 0 Å². The highest BCUT2D eigenvalue weighted by Crippen LogP contribution is 2.02. The molecule has 2 amide bonds. The Labute approximate surface area is 107 Å². The summed E-state index contributed by atoms with van der Waals surface area (Å²) >= 11 is 0. The molecule has 0 bridgehead atoms. The van der Waals surface area contributed by atoms with Gasteiger partial charge in [-0.25, -0.2) is 8.42 Å². The van der Waals surface area contributed by atoms with Gasteiger partial charge in [0.15, 0.2) is 9.84 Å². The maximum Gasteiger partial charge on any atom is 0.223 e. The summed E-state index contributed by atoms with van der Waals surface area (Å²) in [5, 5.41) is 3.11. The number of nitrogens with two attached hydrogens (primary N) is 1. The molecule has 8 heteroatoms. The fraction of sp³-hybridized carbons (Fsp3) is 0.800. The van der Waals surface area contributed by atoms with E-state index in [0.29, 0.717) is 13.1 Å². The van der Waals surface area contributed by atoms with Crippen molar-refractivity contribution in [2.45, 2.75) is 12.8 Å². The van der Waals surface area contributed by atoms with E-state index in [2.05, 4.69) is 5.32 Å². The molecule has 0 unspecified atom stereocenters. The molecule has 1 heterocycles. The number of amides is 2. The summed E-state index contributed by atoms with van der Waals surface area (Å²) in [6.07, 6.45) is -0.217. The van der Waals surface area contributed by atoms with Gasteiger partial charge in [0, 0.05) is 39.0 Å². The van der Waals surface area contributed by atoms with Crippen molar-refractivity contribution in [3.8, 4) is 0 Å². The number of hydrogen-bond donors (Lipinski definition) is 2. The van der Waals surface area contributed by atoms with Crippen LogP contribution in [0.5, 0.6) is 0 Å². The van der Waals surface area contributed by atoms with Crippen molar-refractivity contribution >= 4 is 21.7 Å². The maximum absolute atomic E-state index is 11.7. The van der Waals surface area contributed by atoms with Crippen LogP contribution in [0.4, 0.5) is 0 Å². The Balaban J connectivity index is 2.34. The molecule has 1 aliphatic heterocycles. The first kappa shape index (κ1) is 14.9. The Morgan fingerprint density at radius 2 is 1.67 bits per heavy atom. The van der Waals surface area contributed by atoms with E-state index in [1.165, 1.54) is 0 Å². The third kappa shape index (κ3) is 5.46. The van der Waals surface area contributed by atoms with Crippen molar-refractivity contribution in [3.05, 3.63) is 0 Å². The quantitative estimate of drug-likeness (QED) is 0.589. The summed E-state index contributed by atoms with van der Waals surface area (Å²) in [6, 6.07) is 0. The van der Waals surface area contributed by atoms with Crippen LogP contribution >= 0.6 is 0 Å². The summed E-state index contributed by atoms with van der Waals surface area (Å²) in [7, 11) is -3.37. The molecule has 0 spiro atoms. The summed E-state index contributed by atoms with van der Waals surface area (Å²) in [4.78, 5) is 23.9. The molecule has 1 saturated heterocycles. The minimum atomic E-state index is -3.37. The molecule has 1 rings (SSSR count). The van der Waals surface area contributed by atoms with Crippen LogP contribution in [0.3, 0.4) is 0 Å². The molecule has 0 atom stereocenters. The third-order valence-electron chi connectivity index (χ3n) is 2.76. The van der Waals surface area contributed by atoms with Gasteiger partial charge >= 0.3 is 0 Å². The van der Waals surface area contributed by atoms with Crippen LogP contribution in [0.25, 0.3) is 0 Å². The molecule has 1 fully saturated rings. The normalized spacial score (nSPS) is 16.6. The first-order valence-electron chi connectivity index (χ1n) is 5.88. The highest BCUT2D eigenvalue weighted by molar-refractivity contribution is 7.91. The minimum Gasteiger partial charge on any atom is -0.370 e. The number of primary amides is 1. The molecule has 1 aliphatic rings. The number of sulfone groups is 1. The predicted molar refractivity (Wildman–Crippen MR) is 66.5 cm³/mol. The SMILES string of the molecule is NC(=O)CCS(=O)(=O)CCC(=O)N1CCNCC1. The zero-order chi connectivity index (χ0) is 13.6. The topological polar surface area (TPSA) is 110 Å². The lowest BCUT2D eigenvalue weighted by Gasteiger charge is -2.27. The van der Waals surface area contributed by atoms with Gasteiger partial charge in [0.2, 0.25) is 11.8 Å². The minimum absolute atomic E-state index is 0.0267. The zero-order valence-electron chi connectivity index (χ0n) is 10.2. The van der Waals surface area contributed by atoms with E-state index in [4.69, 9.17) is 5.73 Å². The fourth-order valence-electron chi connectivity index (χ4n) is 1.67. The highest BCUT2D eigenvalue weighted by Gasteiger charge is 2.19. The molecule has 18 heavy (non-hydrogen) atoms. The van der Waals surface area contributed by atoms with E-state index in [1.54, 1.807) is 4.90 Å². The Kier molecular flexibility index (Phi) is 5.54. The fourth-order valence-corrected chi connectivity index (χ4v) is 2.88. The summed E-state index contributed by atoms with van der Waals surface area (Å²) in [5.41, 5.74) is 4.89. The van der Waals surface area contributed by atoms with Crippen LogP contribution in [0.15, 0.2) is 0 Å². The molecular formula is C10H19N3O4S. The molecule has 0 aromatic rings. The first-order valence-corrected chi connectivity index (χ1v) is 7.70. The summed E-state index contributed by atoms with van der Waals surface area (Å²) in [6.45, 7) is 2.70. The lowest BCUT2D eigenvalue weighted by molar-refractivity contribution is -0.131. The van der Waals surface area contributed by atoms with Crippen molar-refractivity contribution in [1.29, 1.82) is 0 Å². The Bertz CT molecular complexity index is 401. The molecule has 0 aliphatic carbocycles. The van der Waals surface area contributed by atoms with Gasteiger partial charge in [0.05, 0.1) is 11.5 Å². The highest BCUT2D eigenvalue weighted by atomic mass is 32.2. The van der Waals surface area contributed by atoms with Gasteiger partial charge in [-0.05, 0) is 0 Å². The maximum atomic E-state index is 11.7. The second kappa shape index (κ2) is 6.69. The zero-order valence-corrected chi connectivity index (χ0v) is 11.0. The number of piperazine rings is 1. The van der Waals surface area contributed by atoms with Crippen LogP contribution in [0.2, 0.25) is 0 Å². The molecule has 0 aromatic heterocycles. The van der Waals surface area contributed by atoms with Crippen LogP contribution < -0.4 is 11.1 Å². The van der Waals surface area contributed by atoms with Crippen molar-refractivity contribution in [3.63, 3.8) is 0 Å². The van der Waals surface area contributed by atoms with E-state index in [9.17, 15) is 18.0 Å². The van der Waals surface area contributed by atoms with Gasteiger partial charge in [-0.15, -0.1) is 0 Å². The Morgan fingerprint density at radius 3 is 2.22 bits per heavy atom. The first-order chi connectivity index (χ1) is 8.41. The number of nitrogens with one attached hydrogen (secondary N) is 1. The van der Waals surface area contributed by atoms with Crippen LogP contribution in [0, 0.1) is 0 Å². The van der Waals surface area contributed by atoms with E-state index < -0.39 is 15.7 Å². The molecule has 3 N–H and O–H groups in total. The van der Waals surface area contributed by atoms with Crippen molar-refractivity contribution in [2.24, 2.45) is 5.73 Å². The largest absolute Gasteiger partial charge is 0.370 e. The van der Waals surface area contributed by atoms with Crippen LogP contribution in [0.1, 0.15) is 12.8 Å². The lowest BCUT2D eigenvalue weighted by Crippen LogP contribution is -2.46. The molecule has 104 valence electrons. The van der Waals surface area contributed by atoms with Gasteiger partial charge < -0.3 is 16.0 Å². The molecule has 7 nitrogen and oxygen atoms in total. The average molecular weight is 277 g/mol. The van der Waals surface area contributed by atoms with Crippen molar-refractivity contribution in [2.75, 3.05) is 37.7 Å². The van der Waals surface area contributed by atoms with Gasteiger partial charge in [-0.3, -0.25) is 9.59 Å². The number of hydrogen-bond acceptors (Lipinski definition) is 5. The number of nitrogens with zero attached hydrogens (tertiary/aromatic N) is 1. The predicted octanol–water partition coefficient (Wildman–Crippen LogP) is -1.90. The number of carbonyl (C=O) groups excluding carboxylic acids is 2. The van der Waals surface area contributed by atoms with Crippen molar-refractivity contribution in [1.82, 2.24) is 10.2 Å². The second-order valence-corrected chi connectivity index (χ2v) is 6.55. The van der Waals surface area contributed by atoms with E-state index in [-0.39, 0.29) is 30.3 Å². The lowest BCUT2D eigenvalue weighted by atomic mass is 10.3. The summed E-state index contributed by atoms with van der Waals surface area (Å²) in [5.74, 6) is -1.30. The van der Waals surface area contributed by atoms with Crippen molar-refractivity contribution < 1.29 is 18.0 Å². The molecule has 0 saturated carbocycles. The Hall–Kier alpha value is -1.15. The van der Waals surface area contributed by atoms with E-state index in [0.717, 1.165) is 13.1 Å².